The summed E-state index contributed by atoms with van der Waals surface area (Å²) in [7, 11) is 1.66. The van der Waals surface area contributed by atoms with Crippen molar-refractivity contribution in [1.29, 1.82) is 0 Å². The fourth-order valence-corrected chi connectivity index (χ4v) is 2.25. The number of methoxy groups -OCH3 is 1. The van der Waals surface area contributed by atoms with Gasteiger partial charge in [-0.1, -0.05) is 12.1 Å². The van der Waals surface area contributed by atoms with E-state index in [4.69, 9.17) is 15.2 Å². The highest BCUT2D eigenvalue weighted by atomic mass is 16.5. The predicted octanol–water partition coefficient (Wildman–Crippen LogP) is 2.82. The normalized spacial score (nSPS) is 17.7. The summed E-state index contributed by atoms with van der Waals surface area (Å²) in [5.74, 6) is 1.58. The second kappa shape index (κ2) is 4.57. The minimum atomic E-state index is -0.223. The van der Waals surface area contributed by atoms with Crippen LogP contribution in [0.4, 0.5) is 0 Å². The summed E-state index contributed by atoms with van der Waals surface area (Å²) < 4.78 is 11.3. The smallest absolute Gasteiger partial charge is 0.166 e. The molecule has 0 heterocycles. The third-order valence-corrected chi connectivity index (χ3v) is 3.33. The van der Waals surface area contributed by atoms with Gasteiger partial charge in [0.2, 0.25) is 0 Å². The van der Waals surface area contributed by atoms with E-state index in [1.165, 1.54) is 6.42 Å². The molecule has 1 aliphatic rings. The van der Waals surface area contributed by atoms with Crippen molar-refractivity contribution in [3.63, 3.8) is 0 Å². The van der Waals surface area contributed by atoms with E-state index in [-0.39, 0.29) is 11.6 Å². The minimum absolute atomic E-state index is 0.119. The zero-order valence-corrected chi connectivity index (χ0v) is 10.8. The van der Waals surface area contributed by atoms with Crippen molar-refractivity contribution in [2.45, 2.75) is 44.8 Å². The number of hydrogen-bond acceptors (Lipinski definition) is 3. The summed E-state index contributed by atoms with van der Waals surface area (Å²) in [5, 5.41) is 0. The van der Waals surface area contributed by atoms with Gasteiger partial charge in [-0.25, -0.2) is 0 Å². The van der Waals surface area contributed by atoms with Crippen LogP contribution in [-0.4, -0.2) is 13.2 Å². The Hall–Kier alpha value is -1.22. The molecule has 3 nitrogen and oxygen atoms in total. The maximum Gasteiger partial charge on any atom is 0.166 e. The molecule has 1 saturated carbocycles. The topological polar surface area (TPSA) is 44.5 Å². The largest absolute Gasteiger partial charge is 0.493 e. The summed E-state index contributed by atoms with van der Waals surface area (Å²) >= 11 is 0. The van der Waals surface area contributed by atoms with Crippen LogP contribution in [0.15, 0.2) is 18.2 Å². The molecule has 1 aromatic carbocycles. The molecule has 0 saturated heterocycles. The van der Waals surface area contributed by atoms with Gasteiger partial charge in [-0.15, -0.1) is 0 Å². The molecule has 17 heavy (non-hydrogen) atoms. The van der Waals surface area contributed by atoms with Gasteiger partial charge in [-0.05, 0) is 39.2 Å². The lowest BCUT2D eigenvalue weighted by atomic mass is 9.72. The van der Waals surface area contributed by atoms with Crippen LogP contribution in [0.5, 0.6) is 11.5 Å². The van der Waals surface area contributed by atoms with Gasteiger partial charge < -0.3 is 15.2 Å². The van der Waals surface area contributed by atoms with Crippen molar-refractivity contribution in [3.8, 4) is 11.5 Å². The molecule has 0 spiro atoms. The average molecular weight is 235 g/mol. The molecule has 1 aromatic rings. The SMILES string of the molecule is COc1cccc(C2(N)CCC2)c1OC(C)C. The van der Waals surface area contributed by atoms with Crippen molar-refractivity contribution in [1.82, 2.24) is 0 Å². The minimum Gasteiger partial charge on any atom is -0.493 e. The summed E-state index contributed by atoms with van der Waals surface area (Å²) in [6.45, 7) is 4.03. The van der Waals surface area contributed by atoms with Crippen LogP contribution in [0.2, 0.25) is 0 Å². The van der Waals surface area contributed by atoms with E-state index in [9.17, 15) is 0 Å². The van der Waals surface area contributed by atoms with Gasteiger partial charge in [0.25, 0.3) is 0 Å². The fourth-order valence-electron chi connectivity index (χ4n) is 2.25. The summed E-state index contributed by atoms with van der Waals surface area (Å²) in [6, 6.07) is 5.96. The molecular weight excluding hydrogens is 214 g/mol. The molecule has 0 bridgehead atoms. The lowest BCUT2D eigenvalue weighted by Gasteiger charge is -2.39. The Kier molecular flexibility index (Phi) is 3.29. The molecule has 2 N–H and O–H groups in total. The van der Waals surface area contributed by atoms with E-state index >= 15 is 0 Å². The molecule has 0 atom stereocenters. The Morgan fingerprint density at radius 2 is 2.00 bits per heavy atom. The molecule has 3 heteroatoms. The van der Waals surface area contributed by atoms with Crippen molar-refractivity contribution in [3.05, 3.63) is 23.8 Å². The van der Waals surface area contributed by atoms with Crippen LogP contribution >= 0.6 is 0 Å². The number of nitrogens with two attached hydrogens (primary N) is 1. The Bertz CT molecular complexity index is 397. The number of para-hydroxylation sites is 1. The van der Waals surface area contributed by atoms with Crippen molar-refractivity contribution >= 4 is 0 Å². The number of hydrogen-bond donors (Lipinski definition) is 1. The zero-order valence-electron chi connectivity index (χ0n) is 10.8. The molecular formula is C14H21NO2. The van der Waals surface area contributed by atoms with Gasteiger partial charge in [0.1, 0.15) is 0 Å². The van der Waals surface area contributed by atoms with E-state index in [0.717, 1.165) is 29.9 Å². The third-order valence-electron chi connectivity index (χ3n) is 3.33. The van der Waals surface area contributed by atoms with E-state index in [2.05, 4.69) is 6.07 Å². The Morgan fingerprint density at radius 1 is 1.29 bits per heavy atom. The molecule has 1 aliphatic carbocycles. The molecule has 0 radical (unpaired) electrons. The van der Waals surface area contributed by atoms with Crippen molar-refractivity contribution in [2.24, 2.45) is 5.73 Å². The maximum absolute atomic E-state index is 6.39. The third kappa shape index (κ3) is 2.25. The van der Waals surface area contributed by atoms with Gasteiger partial charge >= 0.3 is 0 Å². The van der Waals surface area contributed by atoms with Gasteiger partial charge in [-0.3, -0.25) is 0 Å². The Labute approximate surface area is 103 Å². The molecule has 2 rings (SSSR count). The van der Waals surface area contributed by atoms with Gasteiger partial charge in [0.15, 0.2) is 11.5 Å². The highest BCUT2D eigenvalue weighted by Gasteiger charge is 2.37. The number of benzene rings is 1. The lowest BCUT2D eigenvalue weighted by Crippen LogP contribution is -2.43. The monoisotopic (exact) mass is 235 g/mol. The van der Waals surface area contributed by atoms with Crippen LogP contribution in [0.25, 0.3) is 0 Å². The van der Waals surface area contributed by atoms with E-state index in [0.29, 0.717) is 0 Å². The van der Waals surface area contributed by atoms with Gasteiger partial charge in [0.05, 0.1) is 13.2 Å². The highest BCUT2D eigenvalue weighted by Crippen LogP contribution is 2.46. The first kappa shape index (κ1) is 12.2. The molecule has 0 amide bonds. The second-order valence-corrected chi connectivity index (χ2v) is 5.01. The fraction of sp³-hybridized carbons (Fsp3) is 0.571. The Balaban J connectivity index is 2.42. The predicted molar refractivity (Wildman–Crippen MR) is 68.5 cm³/mol. The van der Waals surface area contributed by atoms with Crippen molar-refractivity contribution in [2.75, 3.05) is 7.11 Å². The first-order valence-electron chi connectivity index (χ1n) is 6.20. The molecule has 1 fully saturated rings. The van der Waals surface area contributed by atoms with E-state index < -0.39 is 0 Å². The lowest BCUT2D eigenvalue weighted by molar-refractivity contribution is 0.201. The van der Waals surface area contributed by atoms with E-state index in [1.54, 1.807) is 7.11 Å². The molecule has 94 valence electrons. The highest BCUT2D eigenvalue weighted by molar-refractivity contribution is 5.50. The number of rotatable bonds is 4. The van der Waals surface area contributed by atoms with Gasteiger partial charge in [0, 0.05) is 11.1 Å². The van der Waals surface area contributed by atoms with Crippen LogP contribution in [-0.2, 0) is 5.54 Å². The first-order chi connectivity index (χ1) is 8.07. The molecule has 0 aromatic heterocycles. The quantitative estimate of drug-likeness (QED) is 0.872. The van der Waals surface area contributed by atoms with Crippen molar-refractivity contribution < 1.29 is 9.47 Å². The summed E-state index contributed by atoms with van der Waals surface area (Å²) in [4.78, 5) is 0. The number of ether oxygens (including phenoxy) is 2. The maximum atomic E-state index is 6.39. The summed E-state index contributed by atoms with van der Waals surface area (Å²) in [5.41, 5.74) is 7.25. The molecule has 0 unspecified atom stereocenters. The standard InChI is InChI=1S/C14H21NO2/c1-10(2)17-13-11(14(15)8-5-9-14)6-4-7-12(13)16-3/h4,6-7,10H,5,8-9,15H2,1-3H3. The first-order valence-corrected chi connectivity index (χ1v) is 6.20. The summed E-state index contributed by atoms with van der Waals surface area (Å²) in [6.07, 6.45) is 3.35. The van der Waals surface area contributed by atoms with Crippen LogP contribution in [0.1, 0.15) is 38.7 Å². The van der Waals surface area contributed by atoms with E-state index in [1.807, 2.05) is 26.0 Å². The van der Waals surface area contributed by atoms with Gasteiger partial charge in [-0.2, -0.15) is 0 Å². The second-order valence-electron chi connectivity index (χ2n) is 5.01. The Morgan fingerprint density at radius 3 is 2.47 bits per heavy atom. The average Bonchev–Trinajstić information content (AvgIpc) is 2.25. The van der Waals surface area contributed by atoms with Crippen LogP contribution in [0, 0.1) is 0 Å². The molecule has 0 aliphatic heterocycles. The van der Waals surface area contributed by atoms with Crippen LogP contribution in [0.3, 0.4) is 0 Å². The van der Waals surface area contributed by atoms with Crippen LogP contribution < -0.4 is 15.2 Å². The zero-order chi connectivity index (χ0) is 12.5.